The first kappa shape index (κ1) is 19.4. The Morgan fingerprint density at radius 2 is 1.58 bits per heavy atom. The maximum atomic E-state index is 5.41. The van der Waals surface area contributed by atoms with Crippen molar-refractivity contribution in [3.05, 3.63) is 30.0 Å². The number of aromatic amines is 1. The third-order valence-electron chi connectivity index (χ3n) is 4.54. The molecule has 0 atom stereocenters. The molecule has 0 saturated carbocycles. The molecule has 0 saturated heterocycles. The summed E-state index contributed by atoms with van der Waals surface area (Å²) in [6, 6.07) is 6.23. The van der Waals surface area contributed by atoms with Crippen LogP contribution in [-0.4, -0.2) is 95.6 Å². The van der Waals surface area contributed by atoms with Crippen LogP contribution in [0.4, 0.5) is 0 Å². The Balaban J connectivity index is 2.44. The minimum atomic E-state index is 0.0225. The van der Waals surface area contributed by atoms with Crippen LogP contribution in [0.3, 0.4) is 0 Å². The number of hydrogen-bond donors (Lipinski definition) is 1. The number of hydrogen-bond acceptors (Lipinski definition) is 2. The van der Waals surface area contributed by atoms with E-state index in [0.29, 0.717) is 0 Å². The summed E-state index contributed by atoms with van der Waals surface area (Å²) in [5, 5.41) is 1.46. The van der Waals surface area contributed by atoms with Crippen LogP contribution in [0, 0.1) is 0 Å². The number of benzene rings is 1. The largest absolute Gasteiger partial charge is 0.497 e. The third-order valence-corrected chi connectivity index (χ3v) is 4.54. The molecule has 0 unspecified atom stereocenters. The molecule has 0 amide bonds. The lowest BCUT2D eigenvalue weighted by Gasteiger charge is -2.57. The summed E-state index contributed by atoms with van der Waals surface area (Å²) < 4.78 is 5.41. The second-order valence-corrected chi connectivity index (χ2v) is 9.39. The maximum absolute atomic E-state index is 5.41. The van der Waals surface area contributed by atoms with E-state index in [2.05, 4.69) is 91.0 Å². The van der Waals surface area contributed by atoms with Crippen molar-refractivity contribution < 1.29 is 4.74 Å². The Morgan fingerprint density at radius 1 is 1.00 bits per heavy atom. The molecule has 1 aromatic carbocycles. The van der Waals surface area contributed by atoms with Crippen LogP contribution >= 0.6 is 0 Å². The second kappa shape index (κ2) is 6.40. The van der Waals surface area contributed by atoms with Crippen LogP contribution < -0.4 is 4.74 Å². The Bertz CT molecular complexity index is 705. The first-order chi connectivity index (χ1) is 10.9. The molecule has 1 aromatic heterocycles. The molecule has 2 aromatic rings. The fraction of sp³-hybridized carbons (Fsp3) is 0.385. The summed E-state index contributed by atoms with van der Waals surface area (Å²) in [6.07, 6.45) is 3.13. The van der Waals surface area contributed by atoms with Crippen LogP contribution in [0.1, 0.15) is 5.56 Å². The van der Waals surface area contributed by atoms with Crippen LogP contribution in [-0.2, 0) is 6.42 Å². The van der Waals surface area contributed by atoms with E-state index in [1.807, 2.05) is 6.07 Å². The van der Waals surface area contributed by atoms with Crippen molar-refractivity contribution in [3.8, 4) is 5.75 Å². The van der Waals surface area contributed by atoms with E-state index < -0.39 is 0 Å². The number of H-pyrrole nitrogens is 1. The summed E-state index contributed by atoms with van der Waals surface area (Å²) in [5.41, 5.74) is 2.51. The zero-order valence-electron chi connectivity index (χ0n) is 16.9. The standard InChI is InChI=1S/C13H26B8N2O/c1-24-8-2-3-10-9(4-8)7(6-22-10)5-11(14,15)23(12(16,17)18)13(19,20)21/h2-4,6,22H,5,14-21H2,1H3. The number of methoxy groups -OCH3 is 1. The highest BCUT2D eigenvalue weighted by molar-refractivity contribution is 6.64. The van der Waals surface area contributed by atoms with E-state index in [9.17, 15) is 0 Å². The van der Waals surface area contributed by atoms with Gasteiger partial charge in [0.25, 0.3) is 0 Å². The summed E-state index contributed by atoms with van der Waals surface area (Å²) in [4.78, 5) is 6.04. The highest BCUT2D eigenvalue weighted by Gasteiger charge is 2.40. The van der Waals surface area contributed by atoms with Crippen molar-refractivity contribution in [2.24, 2.45) is 0 Å². The minimum Gasteiger partial charge on any atom is -0.497 e. The Labute approximate surface area is 153 Å². The second-order valence-electron chi connectivity index (χ2n) is 9.39. The summed E-state index contributed by atoms with van der Waals surface area (Å²) in [6.45, 7) is 0. The lowest BCUT2D eigenvalue weighted by molar-refractivity contribution is 0.216. The predicted molar refractivity (Wildman–Crippen MR) is 127 cm³/mol. The summed E-state index contributed by atoms with van der Waals surface area (Å²) in [5.74, 6) is 0.907. The minimum absolute atomic E-state index is 0.0225. The SMILES string of the molecule is BC(B)(B)N(C(B)(B)B)C(B)(B)Cc1c[nH]c2ccc(OC)cc12. The molecule has 11 heteroatoms. The van der Waals surface area contributed by atoms with Gasteiger partial charge in [-0.2, -0.15) is 0 Å². The molecule has 24 heavy (non-hydrogen) atoms. The normalized spacial score (nSPS) is 13.4. The van der Waals surface area contributed by atoms with Gasteiger partial charge in [0, 0.05) is 17.1 Å². The van der Waals surface area contributed by atoms with Crippen LogP contribution in [0.15, 0.2) is 24.4 Å². The highest BCUT2D eigenvalue weighted by Crippen LogP contribution is 2.29. The Morgan fingerprint density at radius 3 is 2.08 bits per heavy atom. The average molecular weight is 313 g/mol. The van der Waals surface area contributed by atoms with Gasteiger partial charge in [-0.05, 0) is 35.5 Å². The van der Waals surface area contributed by atoms with Crippen LogP contribution in [0.2, 0.25) is 0 Å². The first-order valence-electron chi connectivity index (χ1n) is 8.81. The quantitative estimate of drug-likeness (QED) is 0.538. The lowest BCUT2D eigenvalue weighted by Crippen LogP contribution is -2.73. The molecule has 0 aliphatic rings. The molecule has 2 rings (SSSR count). The van der Waals surface area contributed by atoms with Gasteiger partial charge >= 0.3 is 0 Å². The monoisotopic (exact) mass is 314 g/mol. The lowest BCUT2D eigenvalue weighted by atomic mass is 9.36. The zero-order valence-corrected chi connectivity index (χ0v) is 16.9. The molecule has 1 N–H and O–H groups in total. The van der Waals surface area contributed by atoms with Crippen LogP contribution in [0.25, 0.3) is 10.9 Å². The van der Waals surface area contributed by atoms with Gasteiger partial charge in [0.1, 0.15) is 68.5 Å². The van der Waals surface area contributed by atoms with Gasteiger partial charge < -0.3 is 14.6 Å². The van der Waals surface area contributed by atoms with Crippen molar-refractivity contribution in [2.45, 2.75) is 22.2 Å². The molecule has 118 valence electrons. The number of nitrogens with one attached hydrogen (secondary N) is 1. The van der Waals surface area contributed by atoms with E-state index in [1.54, 1.807) is 7.11 Å². The summed E-state index contributed by atoms with van der Waals surface area (Å²) >= 11 is 0. The number of nitrogens with zero attached hydrogens (tertiary/aromatic N) is 1. The van der Waals surface area contributed by atoms with E-state index in [4.69, 9.17) is 4.74 Å². The van der Waals surface area contributed by atoms with Crippen molar-refractivity contribution in [1.29, 1.82) is 0 Å². The van der Waals surface area contributed by atoms with Crippen molar-refractivity contribution in [1.82, 2.24) is 9.88 Å². The third kappa shape index (κ3) is 3.99. The van der Waals surface area contributed by atoms with E-state index in [-0.39, 0.29) is 15.8 Å². The average Bonchev–Trinajstić information content (AvgIpc) is 2.76. The van der Waals surface area contributed by atoms with Gasteiger partial charge in [-0.3, -0.25) is 0 Å². The molecule has 0 fully saturated rings. The van der Waals surface area contributed by atoms with Gasteiger partial charge in [0.15, 0.2) is 0 Å². The fourth-order valence-electron chi connectivity index (χ4n) is 4.80. The van der Waals surface area contributed by atoms with Crippen LogP contribution in [0.5, 0.6) is 5.75 Å². The molecule has 0 aliphatic carbocycles. The van der Waals surface area contributed by atoms with Gasteiger partial charge in [-0.15, -0.1) is 0 Å². The molecule has 0 bridgehead atoms. The summed E-state index contributed by atoms with van der Waals surface area (Å²) in [7, 11) is 20.2. The maximum Gasteiger partial charge on any atom is 0.119 e. The molecule has 0 radical (unpaired) electrons. The zero-order chi connectivity index (χ0) is 18.3. The molecule has 0 aliphatic heterocycles. The fourth-order valence-corrected chi connectivity index (χ4v) is 4.80. The molecular formula is C13H26B8N2O. The van der Waals surface area contributed by atoms with Crippen molar-refractivity contribution in [3.63, 3.8) is 0 Å². The highest BCUT2D eigenvalue weighted by atomic mass is 16.5. The van der Waals surface area contributed by atoms with Gasteiger partial charge in [-0.1, -0.05) is 10.5 Å². The van der Waals surface area contributed by atoms with E-state index in [1.165, 1.54) is 16.5 Å². The van der Waals surface area contributed by atoms with E-state index >= 15 is 0 Å². The number of ether oxygens (including phenoxy) is 1. The topological polar surface area (TPSA) is 28.3 Å². The number of fused-ring (bicyclic) bond motifs is 1. The smallest absolute Gasteiger partial charge is 0.119 e. The first-order valence-corrected chi connectivity index (χ1v) is 8.81. The van der Waals surface area contributed by atoms with Gasteiger partial charge in [0.05, 0.1) is 7.11 Å². The Hall–Kier alpha value is -0.961. The predicted octanol–water partition coefficient (Wildman–Crippen LogP) is -6.04. The van der Waals surface area contributed by atoms with Gasteiger partial charge in [0.2, 0.25) is 0 Å². The molecule has 3 nitrogen and oxygen atoms in total. The number of aromatic nitrogens is 1. The molecule has 1 heterocycles. The molecule has 0 spiro atoms. The van der Waals surface area contributed by atoms with Crippen molar-refractivity contribution >= 4 is 73.7 Å². The molecular weight excluding hydrogens is 287 g/mol. The number of rotatable bonds is 6. The van der Waals surface area contributed by atoms with Gasteiger partial charge in [-0.25, -0.2) is 0 Å². The Kier molecular flexibility index (Phi) is 5.17. The van der Waals surface area contributed by atoms with E-state index in [0.717, 1.165) is 12.2 Å². The van der Waals surface area contributed by atoms with Crippen molar-refractivity contribution in [2.75, 3.05) is 7.11 Å².